The molecule has 9 aromatic rings. The van der Waals surface area contributed by atoms with Crippen molar-refractivity contribution >= 4 is 63.3 Å². The molecule has 0 spiro atoms. The summed E-state index contributed by atoms with van der Waals surface area (Å²) in [6.07, 6.45) is 0. The van der Waals surface area contributed by atoms with Crippen LogP contribution in [0.5, 0.6) is 0 Å². The number of fused-ring (bicyclic) bond motifs is 7. The molecule has 9 rings (SSSR count). The van der Waals surface area contributed by atoms with Crippen LogP contribution >= 0.6 is 21.4 Å². The number of hydrogen-bond donors (Lipinski definition) is 0. The fourth-order valence-corrected chi connectivity index (χ4v) is 12.2. The van der Waals surface area contributed by atoms with Crippen LogP contribution in [0.1, 0.15) is 0 Å². The van der Waals surface area contributed by atoms with Crippen LogP contribution in [0.25, 0.3) is 47.7 Å². The molecule has 0 fully saturated rings. The van der Waals surface area contributed by atoms with Crippen molar-refractivity contribution < 1.29 is 0 Å². The Kier molecular flexibility index (Phi) is 6.15. The number of hydrogen-bond acceptors (Lipinski definition) is 1. The average Bonchev–Trinajstić information content (AvgIpc) is 3.66. The lowest BCUT2D eigenvalue weighted by Gasteiger charge is -2.42. The van der Waals surface area contributed by atoms with E-state index in [0.29, 0.717) is 0 Å². The predicted octanol–water partition coefficient (Wildman–Crippen LogP) is 12.5. The van der Waals surface area contributed by atoms with E-state index in [1.807, 2.05) is 11.3 Å². The number of aromatic nitrogens is 1. The molecule has 3 heteroatoms. The van der Waals surface area contributed by atoms with Crippen molar-refractivity contribution in [1.82, 2.24) is 4.57 Å². The second-order valence-electron chi connectivity index (χ2n) is 11.3. The molecule has 45 heavy (non-hydrogen) atoms. The summed E-state index contributed by atoms with van der Waals surface area (Å²) in [5.74, 6) is 0. The predicted molar refractivity (Wildman–Crippen MR) is 194 cm³/mol. The highest BCUT2D eigenvalue weighted by molar-refractivity contribution is 8.34. The van der Waals surface area contributed by atoms with Gasteiger partial charge in [-0.2, -0.15) is 0 Å². The summed E-state index contributed by atoms with van der Waals surface area (Å²) in [6.45, 7) is 0. The molecule has 0 bridgehead atoms. The van der Waals surface area contributed by atoms with Gasteiger partial charge >= 0.3 is 0 Å². The van der Waals surface area contributed by atoms with Crippen molar-refractivity contribution in [2.24, 2.45) is 0 Å². The Labute approximate surface area is 268 Å². The van der Waals surface area contributed by atoms with E-state index in [-0.39, 0.29) is 0 Å². The molecule has 7 aromatic carbocycles. The van der Waals surface area contributed by atoms with E-state index in [2.05, 4.69) is 180 Å². The third-order valence-electron chi connectivity index (χ3n) is 8.90. The van der Waals surface area contributed by atoms with Crippen molar-refractivity contribution in [2.45, 2.75) is 19.6 Å². The summed E-state index contributed by atoms with van der Waals surface area (Å²) in [5.41, 5.74) is 3.65. The zero-order valence-electron chi connectivity index (χ0n) is 24.5. The van der Waals surface area contributed by atoms with Gasteiger partial charge in [-0.15, -0.1) is 21.4 Å². The Morgan fingerprint density at radius 3 is 1.62 bits per heavy atom. The van der Waals surface area contributed by atoms with Crippen LogP contribution in [0.4, 0.5) is 0 Å². The fourth-order valence-electron chi connectivity index (χ4n) is 7.02. The first-order valence-corrected chi connectivity index (χ1v) is 17.7. The molecular formula is C42H29NS2. The highest BCUT2D eigenvalue weighted by Gasteiger charge is 2.33. The molecule has 0 unspecified atom stereocenters. The van der Waals surface area contributed by atoms with Gasteiger partial charge in [0.25, 0.3) is 0 Å². The van der Waals surface area contributed by atoms with Gasteiger partial charge in [-0.05, 0) is 72.8 Å². The van der Waals surface area contributed by atoms with Crippen LogP contribution in [-0.2, 0) is 0 Å². The number of nitrogens with zero attached hydrogens (tertiary/aromatic N) is 1. The molecule has 1 nitrogen and oxygen atoms in total. The summed E-state index contributed by atoms with van der Waals surface area (Å²) >= 11 is 1.90. The smallest absolute Gasteiger partial charge is 0.0555 e. The molecule has 2 aromatic heterocycles. The lowest BCUT2D eigenvalue weighted by molar-refractivity contribution is 1.15. The van der Waals surface area contributed by atoms with Crippen molar-refractivity contribution in [3.63, 3.8) is 0 Å². The summed E-state index contributed by atoms with van der Waals surface area (Å²) in [5, 5.41) is 5.30. The maximum atomic E-state index is 2.48. The first kappa shape index (κ1) is 26.3. The van der Waals surface area contributed by atoms with Gasteiger partial charge in [-0.1, -0.05) is 103 Å². The fraction of sp³-hybridized carbons (Fsp3) is 0. The summed E-state index contributed by atoms with van der Waals surface area (Å²) in [6, 6.07) is 64.9. The molecule has 0 saturated heterocycles. The number of rotatable bonds is 5. The first-order valence-electron chi connectivity index (χ1n) is 15.3. The average molecular weight is 612 g/mol. The van der Waals surface area contributed by atoms with Gasteiger partial charge in [-0.3, -0.25) is 0 Å². The molecule has 0 amide bonds. The number of thiophene rings is 1. The number of benzene rings is 7. The van der Waals surface area contributed by atoms with E-state index >= 15 is 0 Å². The van der Waals surface area contributed by atoms with Crippen LogP contribution in [0.2, 0.25) is 0 Å². The second-order valence-corrected chi connectivity index (χ2v) is 15.5. The van der Waals surface area contributed by atoms with Gasteiger partial charge < -0.3 is 4.57 Å². The quantitative estimate of drug-likeness (QED) is 0.182. The standard InChI is InChI=1S/C42H29NS2/c1-4-16-31(17-5-1)45(32-18-6-2-7-19-32,33-20-8-3-9-21-33)34-22-14-15-30(29-34)43-38-25-12-10-24-37(38)41-39(43)28-27-36-35-23-11-13-26-40(35)44-42(36)41/h1-29H. The van der Waals surface area contributed by atoms with Crippen molar-refractivity contribution in [2.75, 3.05) is 0 Å². The zero-order valence-corrected chi connectivity index (χ0v) is 26.1. The van der Waals surface area contributed by atoms with E-state index in [1.165, 1.54) is 67.2 Å². The van der Waals surface area contributed by atoms with Crippen LogP contribution in [0.3, 0.4) is 0 Å². The van der Waals surface area contributed by atoms with E-state index in [0.717, 1.165) is 0 Å². The monoisotopic (exact) mass is 611 g/mol. The minimum Gasteiger partial charge on any atom is -0.309 e. The van der Waals surface area contributed by atoms with Crippen molar-refractivity contribution in [3.8, 4) is 5.69 Å². The first-order chi connectivity index (χ1) is 22.3. The second kappa shape index (κ2) is 10.5. The third-order valence-corrected chi connectivity index (χ3v) is 14.0. The lowest BCUT2D eigenvalue weighted by Crippen LogP contribution is -2.06. The Morgan fingerprint density at radius 1 is 0.400 bits per heavy atom. The summed E-state index contributed by atoms with van der Waals surface area (Å²) < 4.78 is 5.17. The molecule has 0 radical (unpaired) electrons. The molecule has 0 aliphatic heterocycles. The molecule has 0 saturated carbocycles. The SMILES string of the molecule is c1ccc(S(c2ccccc2)(c2ccccc2)c2cccc(-n3c4ccccc4c4c5sc6ccccc6c5ccc43)c2)cc1. The normalized spacial score (nSPS) is 12.4. The Morgan fingerprint density at radius 2 is 0.956 bits per heavy atom. The maximum absolute atomic E-state index is 2.48. The minimum absolute atomic E-state index is 1.18. The number of para-hydroxylation sites is 1. The van der Waals surface area contributed by atoms with Gasteiger partial charge in [0.2, 0.25) is 0 Å². The van der Waals surface area contributed by atoms with Gasteiger partial charge in [0.15, 0.2) is 0 Å². The van der Waals surface area contributed by atoms with Gasteiger partial charge in [0, 0.05) is 56.2 Å². The maximum Gasteiger partial charge on any atom is 0.0555 e. The molecular weight excluding hydrogens is 583 g/mol. The van der Waals surface area contributed by atoms with E-state index < -0.39 is 10.0 Å². The van der Waals surface area contributed by atoms with Gasteiger partial charge in [0.1, 0.15) is 0 Å². The summed E-state index contributed by atoms with van der Waals surface area (Å²) in [4.78, 5) is 5.30. The van der Waals surface area contributed by atoms with Gasteiger partial charge in [0.05, 0.1) is 11.0 Å². The van der Waals surface area contributed by atoms with Crippen LogP contribution in [0, 0.1) is 0 Å². The van der Waals surface area contributed by atoms with E-state index in [1.54, 1.807) is 0 Å². The van der Waals surface area contributed by atoms with Gasteiger partial charge in [-0.25, -0.2) is 0 Å². The van der Waals surface area contributed by atoms with Crippen LogP contribution in [-0.4, -0.2) is 4.57 Å². The summed E-state index contributed by atoms with van der Waals surface area (Å²) in [7, 11) is -1.79. The van der Waals surface area contributed by atoms with E-state index in [9.17, 15) is 0 Å². The molecule has 0 N–H and O–H groups in total. The highest BCUT2D eigenvalue weighted by atomic mass is 32.3. The zero-order chi connectivity index (χ0) is 29.8. The molecule has 0 aliphatic rings. The molecule has 2 heterocycles. The highest BCUT2D eigenvalue weighted by Crippen LogP contribution is 2.73. The Bertz CT molecular complexity index is 2380. The Balaban J connectivity index is 1.37. The topological polar surface area (TPSA) is 4.93 Å². The molecule has 0 aliphatic carbocycles. The third kappa shape index (κ3) is 3.95. The van der Waals surface area contributed by atoms with E-state index in [4.69, 9.17) is 0 Å². The van der Waals surface area contributed by atoms with Crippen molar-refractivity contribution in [1.29, 1.82) is 0 Å². The molecule has 214 valence electrons. The lowest BCUT2D eigenvalue weighted by atomic mass is 10.1. The Hall–Kier alpha value is -5.09. The largest absolute Gasteiger partial charge is 0.309 e. The molecule has 0 atom stereocenters. The minimum atomic E-state index is -1.79. The van der Waals surface area contributed by atoms with Crippen LogP contribution < -0.4 is 0 Å². The van der Waals surface area contributed by atoms with Crippen molar-refractivity contribution in [3.05, 3.63) is 176 Å². The van der Waals surface area contributed by atoms with Crippen LogP contribution in [0.15, 0.2) is 196 Å².